The number of hydrogen-bond donors (Lipinski definition) is 2. The fourth-order valence-electron chi connectivity index (χ4n) is 1.49. The van der Waals surface area contributed by atoms with Gasteiger partial charge in [0.2, 0.25) is 0 Å². The van der Waals surface area contributed by atoms with Gasteiger partial charge >= 0.3 is 0 Å². The molecule has 0 aliphatic rings. The van der Waals surface area contributed by atoms with Crippen molar-refractivity contribution in [3.8, 4) is 0 Å². The van der Waals surface area contributed by atoms with Gasteiger partial charge < -0.3 is 16.0 Å². The molecule has 0 aliphatic carbocycles. The molecule has 2 rings (SSSR count). The number of nitrogen functional groups attached to an aromatic ring is 1. The van der Waals surface area contributed by atoms with Gasteiger partial charge in [-0.15, -0.1) is 11.3 Å². The van der Waals surface area contributed by atoms with Crippen molar-refractivity contribution in [1.29, 1.82) is 0 Å². The number of hydrogen-bond acceptors (Lipinski definition) is 6. The molecule has 6 nitrogen and oxygen atoms in total. The van der Waals surface area contributed by atoms with E-state index in [1.165, 1.54) is 11.3 Å². The van der Waals surface area contributed by atoms with Crippen molar-refractivity contribution in [1.82, 2.24) is 20.2 Å². The van der Waals surface area contributed by atoms with Crippen LogP contribution < -0.4 is 11.1 Å². The van der Waals surface area contributed by atoms with E-state index >= 15 is 0 Å². The number of amides is 1. The van der Waals surface area contributed by atoms with Gasteiger partial charge in [0.15, 0.2) is 0 Å². The van der Waals surface area contributed by atoms with Crippen LogP contribution in [0.25, 0.3) is 10.3 Å². The average Bonchev–Trinajstić information content (AvgIpc) is 2.67. The lowest BCUT2D eigenvalue weighted by Crippen LogP contribution is -2.31. The van der Waals surface area contributed by atoms with Crippen LogP contribution in [0, 0.1) is 0 Å². The molecule has 2 heterocycles. The van der Waals surface area contributed by atoms with E-state index in [-0.39, 0.29) is 5.91 Å². The van der Waals surface area contributed by atoms with Gasteiger partial charge in [0.1, 0.15) is 15.2 Å². The zero-order chi connectivity index (χ0) is 13.1. The van der Waals surface area contributed by atoms with E-state index in [1.807, 2.05) is 19.0 Å². The van der Waals surface area contributed by atoms with Gasteiger partial charge in [0, 0.05) is 25.5 Å². The number of carbonyl (C=O) groups is 1. The Balaban J connectivity index is 2.15. The van der Waals surface area contributed by atoms with E-state index in [2.05, 4.69) is 15.3 Å². The molecule has 0 aliphatic heterocycles. The fourth-order valence-corrected chi connectivity index (χ4v) is 2.42. The Kier molecular flexibility index (Phi) is 3.73. The number of nitrogens with zero attached hydrogens (tertiary/aromatic N) is 3. The first-order valence-corrected chi connectivity index (χ1v) is 6.33. The summed E-state index contributed by atoms with van der Waals surface area (Å²) in [5, 5.41) is 2.83. The molecule has 0 fully saturated rings. The summed E-state index contributed by atoms with van der Waals surface area (Å²) in [6, 6.07) is 0. The lowest BCUT2D eigenvalue weighted by molar-refractivity contribution is 0.0956. The lowest BCUT2D eigenvalue weighted by Gasteiger charge is -2.09. The highest BCUT2D eigenvalue weighted by Crippen LogP contribution is 2.29. The second kappa shape index (κ2) is 5.28. The van der Waals surface area contributed by atoms with Crippen LogP contribution in [0.5, 0.6) is 0 Å². The van der Waals surface area contributed by atoms with E-state index < -0.39 is 0 Å². The number of carbonyl (C=O) groups excluding carboxylic acids is 1. The third-order valence-electron chi connectivity index (χ3n) is 2.41. The minimum atomic E-state index is -0.167. The van der Waals surface area contributed by atoms with Crippen molar-refractivity contribution in [2.45, 2.75) is 0 Å². The molecule has 0 unspecified atom stereocenters. The summed E-state index contributed by atoms with van der Waals surface area (Å²) in [7, 11) is 3.90. The fraction of sp³-hybridized carbons (Fsp3) is 0.364. The molecule has 1 amide bonds. The largest absolute Gasteiger partial charge is 0.396 e. The summed E-state index contributed by atoms with van der Waals surface area (Å²) in [4.78, 5) is 23.4. The average molecular weight is 265 g/mol. The Labute approximate surface area is 109 Å². The first-order chi connectivity index (χ1) is 8.59. The Hall–Kier alpha value is -1.73. The second-order valence-corrected chi connectivity index (χ2v) is 5.11. The molecule has 0 atom stereocenters. The third-order valence-corrected chi connectivity index (χ3v) is 3.52. The summed E-state index contributed by atoms with van der Waals surface area (Å²) in [6.07, 6.45) is 3.16. The molecule has 2 aromatic rings. The van der Waals surface area contributed by atoms with Crippen LogP contribution in [0.2, 0.25) is 0 Å². The van der Waals surface area contributed by atoms with Crippen LogP contribution in [0.4, 0.5) is 5.69 Å². The molecule has 0 aromatic carbocycles. The first-order valence-electron chi connectivity index (χ1n) is 5.51. The Morgan fingerprint density at radius 1 is 1.44 bits per heavy atom. The van der Waals surface area contributed by atoms with Gasteiger partial charge in [-0.2, -0.15) is 0 Å². The second-order valence-electron chi connectivity index (χ2n) is 4.11. The van der Waals surface area contributed by atoms with Gasteiger partial charge in [0.05, 0.1) is 5.69 Å². The SMILES string of the molecule is CN(C)CCNC(=O)c1sc2nccnc2c1N. The highest BCUT2D eigenvalue weighted by Gasteiger charge is 2.17. The number of fused-ring (bicyclic) bond motifs is 1. The molecular formula is C11H15N5OS. The van der Waals surface area contributed by atoms with Gasteiger partial charge in [-0.05, 0) is 14.1 Å². The van der Waals surface area contributed by atoms with Gasteiger partial charge in [-0.1, -0.05) is 0 Å². The van der Waals surface area contributed by atoms with Crippen LogP contribution in [0.1, 0.15) is 9.67 Å². The Morgan fingerprint density at radius 2 is 2.17 bits per heavy atom. The predicted molar refractivity (Wildman–Crippen MR) is 72.7 cm³/mol. The smallest absolute Gasteiger partial charge is 0.263 e. The summed E-state index contributed by atoms with van der Waals surface area (Å²) in [6.45, 7) is 1.37. The molecular weight excluding hydrogens is 250 g/mol. The van der Waals surface area contributed by atoms with Crippen LogP contribution in [-0.4, -0.2) is 48.0 Å². The van der Waals surface area contributed by atoms with Crippen molar-refractivity contribution in [3.05, 3.63) is 17.3 Å². The topological polar surface area (TPSA) is 84.1 Å². The van der Waals surface area contributed by atoms with Crippen molar-refractivity contribution >= 4 is 33.3 Å². The number of thiophene rings is 1. The number of nitrogens with two attached hydrogens (primary N) is 1. The minimum Gasteiger partial charge on any atom is -0.396 e. The maximum Gasteiger partial charge on any atom is 0.263 e. The quantitative estimate of drug-likeness (QED) is 0.844. The van der Waals surface area contributed by atoms with Crippen LogP contribution in [0.3, 0.4) is 0 Å². The van der Waals surface area contributed by atoms with Gasteiger partial charge in [-0.25, -0.2) is 9.97 Å². The molecule has 0 bridgehead atoms. The molecule has 0 saturated carbocycles. The highest BCUT2D eigenvalue weighted by atomic mass is 32.1. The zero-order valence-electron chi connectivity index (χ0n) is 10.3. The van der Waals surface area contributed by atoms with Crippen molar-refractivity contribution < 1.29 is 4.79 Å². The molecule has 96 valence electrons. The molecule has 0 spiro atoms. The zero-order valence-corrected chi connectivity index (χ0v) is 11.1. The number of aromatic nitrogens is 2. The predicted octanol–water partition coefficient (Wildman–Crippen LogP) is 0.565. The van der Waals surface area contributed by atoms with E-state index in [0.717, 1.165) is 6.54 Å². The van der Waals surface area contributed by atoms with E-state index in [4.69, 9.17) is 5.73 Å². The summed E-state index contributed by atoms with van der Waals surface area (Å²) < 4.78 is 0. The third kappa shape index (κ3) is 2.57. The monoisotopic (exact) mass is 265 g/mol. The van der Waals surface area contributed by atoms with E-state index in [0.29, 0.717) is 27.5 Å². The van der Waals surface area contributed by atoms with Crippen molar-refractivity contribution in [3.63, 3.8) is 0 Å². The number of nitrogens with one attached hydrogen (secondary N) is 1. The maximum atomic E-state index is 12.0. The number of rotatable bonds is 4. The highest BCUT2D eigenvalue weighted by molar-refractivity contribution is 7.21. The number of likely N-dealkylation sites (N-methyl/N-ethyl adjacent to an activating group) is 1. The summed E-state index contributed by atoms with van der Waals surface area (Å²) in [5.74, 6) is -0.167. The maximum absolute atomic E-state index is 12.0. The van der Waals surface area contributed by atoms with Crippen LogP contribution in [-0.2, 0) is 0 Å². The van der Waals surface area contributed by atoms with E-state index in [1.54, 1.807) is 12.4 Å². The molecule has 0 radical (unpaired) electrons. The minimum absolute atomic E-state index is 0.167. The number of anilines is 1. The standard InChI is InChI=1S/C11H15N5OS/c1-16(2)6-5-14-10(17)9-7(12)8-11(18-9)15-4-3-13-8/h3-4H,5-6,12H2,1-2H3,(H,14,17). The summed E-state index contributed by atoms with van der Waals surface area (Å²) >= 11 is 1.27. The van der Waals surface area contributed by atoms with Crippen LogP contribution >= 0.6 is 11.3 Å². The van der Waals surface area contributed by atoms with Crippen molar-refractivity contribution in [2.24, 2.45) is 0 Å². The van der Waals surface area contributed by atoms with Gasteiger partial charge in [-0.3, -0.25) is 4.79 Å². The Morgan fingerprint density at radius 3 is 2.83 bits per heavy atom. The molecule has 2 aromatic heterocycles. The molecule has 7 heteroatoms. The molecule has 18 heavy (non-hydrogen) atoms. The van der Waals surface area contributed by atoms with Crippen molar-refractivity contribution in [2.75, 3.05) is 32.9 Å². The molecule has 3 N–H and O–H groups in total. The first kappa shape index (κ1) is 12.7. The van der Waals surface area contributed by atoms with Crippen LogP contribution in [0.15, 0.2) is 12.4 Å². The molecule has 0 saturated heterocycles. The lowest BCUT2D eigenvalue weighted by atomic mass is 10.3. The Bertz CT molecular complexity index is 566. The normalized spacial score (nSPS) is 11.1. The van der Waals surface area contributed by atoms with Gasteiger partial charge in [0.25, 0.3) is 5.91 Å². The summed E-state index contributed by atoms with van der Waals surface area (Å²) in [5.41, 5.74) is 6.91. The van der Waals surface area contributed by atoms with E-state index in [9.17, 15) is 4.79 Å².